The van der Waals surface area contributed by atoms with Gasteiger partial charge in [0.05, 0.1) is 24.6 Å². The Labute approximate surface area is 106 Å². The van der Waals surface area contributed by atoms with Crippen LogP contribution in [-0.4, -0.2) is 41.9 Å². The molecule has 0 radical (unpaired) electrons. The standard InChI is InChI=1S/C12H20N2O4/c15-10(16)7-12(4-2-5-12)14-11(17)13-9-3-1-6-18-8-9/h9H,1-8H2,(H,15,16)(H2,13,14,17). The third-order valence-corrected chi connectivity index (χ3v) is 3.67. The molecule has 102 valence electrons. The van der Waals surface area contributed by atoms with Crippen LogP contribution in [0.25, 0.3) is 0 Å². The van der Waals surface area contributed by atoms with E-state index in [1.54, 1.807) is 0 Å². The van der Waals surface area contributed by atoms with E-state index in [1.165, 1.54) is 0 Å². The number of carboxylic acid groups (broad SMARTS) is 1. The van der Waals surface area contributed by atoms with Gasteiger partial charge in [0.1, 0.15) is 0 Å². The Morgan fingerprint density at radius 3 is 2.61 bits per heavy atom. The first-order valence-electron chi connectivity index (χ1n) is 6.48. The highest BCUT2D eigenvalue weighted by Gasteiger charge is 2.40. The normalized spacial score (nSPS) is 25.9. The van der Waals surface area contributed by atoms with Gasteiger partial charge in [-0.1, -0.05) is 0 Å². The number of amides is 2. The van der Waals surface area contributed by atoms with E-state index in [0.29, 0.717) is 6.61 Å². The Balaban J connectivity index is 1.80. The second-order valence-electron chi connectivity index (χ2n) is 5.22. The fourth-order valence-corrected chi connectivity index (χ4v) is 2.56. The summed E-state index contributed by atoms with van der Waals surface area (Å²) in [5, 5.41) is 14.5. The molecule has 0 spiro atoms. The Hall–Kier alpha value is -1.30. The molecule has 1 saturated heterocycles. The second kappa shape index (κ2) is 5.56. The number of carboxylic acids is 1. The molecule has 1 aliphatic carbocycles. The van der Waals surface area contributed by atoms with Gasteiger partial charge in [0.2, 0.25) is 0 Å². The highest BCUT2D eigenvalue weighted by atomic mass is 16.5. The number of carbonyl (C=O) groups is 2. The molecular weight excluding hydrogens is 236 g/mol. The summed E-state index contributed by atoms with van der Waals surface area (Å²) in [4.78, 5) is 22.6. The van der Waals surface area contributed by atoms with Crippen molar-refractivity contribution in [3.63, 3.8) is 0 Å². The van der Waals surface area contributed by atoms with E-state index in [2.05, 4.69) is 10.6 Å². The lowest BCUT2D eigenvalue weighted by Gasteiger charge is -2.41. The Morgan fingerprint density at radius 2 is 2.11 bits per heavy atom. The van der Waals surface area contributed by atoms with Crippen molar-refractivity contribution >= 4 is 12.0 Å². The van der Waals surface area contributed by atoms with Crippen LogP contribution in [0.3, 0.4) is 0 Å². The van der Waals surface area contributed by atoms with E-state index in [1.807, 2.05) is 0 Å². The first kappa shape index (κ1) is 13.1. The second-order valence-corrected chi connectivity index (χ2v) is 5.22. The lowest BCUT2D eigenvalue weighted by molar-refractivity contribution is -0.139. The number of carbonyl (C=O) groups excluding carboxylic acids is 1. The summed E-state index contributed by atoms with van der Waals surface area (Å²) >= 11 is 0. The summed E-state index contributed by atoms with van der Waals surface area (Å²) in [5.41, 5.74) is -0.536. The zero-order valence-electron chi connectivity index (χ0n) is 10.4. The van der Waals surface area contributed by atoms with Crippen LogP contribution in [0.1, 0.15) is 38.5 Å². The van der Waals surface area contributed by atoms with Crippen molar-refractivity contribution in [3.05, 3.63) is 0 Å². The predicted molar refractivity (Wildman–Crippen MR) is 64.3 cm³/mol. The molecule has 1 atom stereocenters. The number of hydrogen-bond donors (Lipinski definition) is 3. The van der Waals surface area contributed by atoms with Crippen LogP contribution < -0.4 is 10.6 Å². The van der Waals surface area contributed by atoms with Gasteiger partial charge < -0.3 is 20.5 Å². The maximum atomic E-state index is 11.8. The number of nitrogens with one attached hydrogen (secondary N) is 2. The summed E-state index contributed by atoms with van der Waals surface area (Å²) in [7, 11) is 0. The van der Waals surface area contributed by atoms with E-state index in [9.17, 15) is 9.59 Å². The molecule has 6 nitrogen and oxygen atoms in total. The molecule has 2 aliphatic rings. The van der Waals surface area contributed by atoms with Gasteiger partial charge in [0.25, 0.3) is 0 Å². The fraction of sp³-hybridized carbons (Fsp3) is 0.833. The van der Waals surface area contributed by atoms with Gasteiger partial charge in [0.15, 0.2) is 0 Å². The van der Waals surface area contributed by atoms with Crippen molar-refractivity contribution in [2.24, 2.45) is 0 Å². The van der Waals surface area contributed by atoms with E-state index >= 15 is 0 Å². The van der Waals surface area contributed by atoms with Crippen LogP contribution in [0.15, 0.2) is 0 Å². The van der Waals surface area contributed by atoms with Crippen LogP contribution in [0.5, 0.6) is 0 Å². The van der Waals surface area contributed by atoms with E-state index in [4.69, 9.17) is 9.84 Å². The van der Waals surface area contributed by atoms with Crippen LogP contribution in [0, 0.1) is 0 Å². The number of urea groups is 1. The molecule has 1 heterocycles. The average Bonchev–Trinajstić information content (AvgIpc) is 2.26. The predicted octanol–water partition coefficient (Wildman–Crippen LogP) is 0.862. The maximum absolute atomic E-state index is 11.8. The largest absolute Gasteiger partial charge is 0.481 e. The molecule has 2 fully saturated rings. The molecule has 3 N–H and O–H groups in total. The van der Waals surface area contributed by atoms with Gasteiger partial charge in [-0.3, -0.25) is 4.79 Å². The summed E-state index contributed by atoms with van der Waals surface area (Å²) in [5.74, 6) is -0.865. The zero-order valence-corrected chi connectivity index (χ0v) is 10.4. The van der Waals surface area contributed by atoms with E-state index in [0.717, 1.165) is 38.7 Å². The molecule has 2 amide bonds. The Kier molecular flexibility index (Phi) is 4.06. The van der Waals surface area contributed by atoms with Crippen LogP contribution >= 0.6 is 0 Å². The molecule has 0 aromatic carbocycles. The van der Waals surface area contributed by atoms with Crippen molar-refractivity contribution in [2.45, 2.75) is 50.1 Å². The third-order valence-electron chi connectivity index (χ3n) is 3.67. The van der Waals surface area contributed by atoms with Gasteiger partial charge in [0, 0.05) is 6.61 Å². The Morgan fingerprint density at radius 1 is 1.33 bits per heavy atom. The van der Waals surface area contributed by atoms with Crippen molar-refractivity contribution in [2.75, 3.05) is 13.2 Å². The number of ether oxygens (including phenoxy) is 1. The van der Waals surface area contributed by atoms with Crippen molar-refractivity contribution in [1.82, 2.24) is 10.6 Å². The summed E-state index contributed by atoms with van der Waals surface area (Å²) in [6.07, 6.45) is 4.33. The van der Waals surface area contributed by atoms with Gasteiger partial charge in [-0.25, -0.2) is 4.79 Å². The highest BCUT2D eigenvalue weighted by Crippen LogP contribution is 2.34. The summed E-state index contributed by atoms with van der Waals surface area (Å²) in [6, 6.07) is -0.229. The molecule has 18 heavy (non-hydrogen) atoms. The molecule has 0 bridgehead atoms. The van der Waals surface area contributed by atoms with E-state index < -0.39 is 11.5 Å². The topological polar surface area (TPSA) is 87.7 Å². The lowest BCUT2D eigenvalue weighted by atomic mass is 9.74. The minimum Gasteiger partial charge on any atom is -0.481 e. The quantitative estimate of drug-likeness (QED) is 0.696. The SMILES string of the molecule is O=C(O)CC1(NC(=O)NC2CCCOC2)CCC1. The highest BCUT2D eigenvalue weighted by molar-refractivity contribution is 5.77. The summed E-state index contributed by atoms with van der Waals surface area (Å²) < 4.78 is 5.28. The molecule has 1 unspecified atom stereocenters. The molecule has 0 aromatic heterocycles. The molecular formula is C12H20N2O4. The van der Waals surface area contributed by atoms with Crippen molar-refractivity contribution in [3.8, 4) is 0 Å². The Bertz CT molecular complexity index is 322. The first-order chi connectivity index (χ1) is 8.60. The van der Waals surface area contributed by atoms with Crippen LogP contribution in [-0.2, 0) is 9.53 Å². The lowest BCUT2D eigenvalue weighted by Crippen LogP contribution is -2.59. The van der Waals surface area contributed by atoms with Gasteiger partial charge in [-0.2, -0.15) is 0 Å². The van der Waals surface area contributed by atoms with Gasteiger partial charge in [-0.15, -0.1) is 0 Å². The van der Waals surface area contributed by atoms with Crippen LogP contribution in [0.4, 0.5) is 4.79 Å². The van der Waals surface area contributed by atoms with E-state index in [-0.39, 0.29) is 18.5 Å². The first-order valence-corrected chi connectivity index (χ1v) is 6.48. The number of rotatable bonds is 4. The van der Waals surface area contributed by atoms with Gasteiger partial charge >= 0.3 is 12.0 Å². The zero-order chi connectivity index (χ0) is 13.0. The third kappa shape index (κ3) is 3.35. The van der Waals surface area contributed by atoms with Crippen molar-refractivity contribution in [1.29, 1.82) is 0 Å². The van der Waals surface area contributed by atoms with Crippen molar-refractivity contribution < 1.29 is 19.4 Å². The number of hydrogen-bond acceptors (Lipinski definition) is 3. The summed E-state index contributed by atoms with van der Waals surface area (Å²) in [6.45, 7) is 1.29. The number of aliphatic carboxylic acids is 1. The monoisotopic (exact) mass is 256 g/mol. The van der Waals surface area contributed by atoms with Crippen LogP contribution in [0.2, 0.25) is 0 Å². The minimum absolute atomic E-state index is 0.00157. The minimum atomic E-state index is -0.865. The molecule has 1 saturated carbocycles. The van der Waals surface area contributed by atoms with Gasteiger partial charge in [-0.05, 0) is 32.1 Å². The fourth-order valence-electron chi connectivity index (χ4n) is 2.56. The molecule has 6 heteroatoms. The maximum Gasteiger partial charge on any atom is 0.315 e. The smallest absolute Gasteiger partial charge is 0.315 e. The molecule has 2 rings (SSSR count). The molecule has 0 aromatic rings. The molecule has 1 aliphatic heterocycles. The average molecular weight is 256 g/mol.